The van der Waals surface area contributed by atoms with Crippen LogP contribution < -0.4 is 0 Å². The fourth-order valence-electron chi connectivity index (χ4n) is 0.467. The molecule has 0 aliphatic rings. The van der Waals surface area contributed by atoms with Gasteiger partial charge >= 0.3 is 0 Å². The second-order valence-corrected chi connectivity index (χ2v) is 1.51. The molecule has 1 heterocycles. The van der Waals surface area contributed by atoms with Gasteiger partial charge in [-0.3, -0.25) is 0 Å². The Morgan fingerprint density at radius 1 is 1.67 bits per heavy atom. The summed E-state index contributed by atoms with van der Waals surface area (Å²) < 4.78 is 4.88. The molecule has 48 valence electrons. The van der Waals surface area contributed by atoms with E-state index in [1.165, 1.54) is 0 Å². The van der Waals surface area contributed by atoms with Crippen molar-refractivity contribution < 1.29 is 4.42 Å². The zero-order chi connectivity index (χ0) is 6.53. The molecule has 0 aromatic carbocycles. The predicted octanol–water partition coefficient (Wildman–Crippen LogP) is 2.38. The second kappa shape index (κ2) is 3.02. The van der Waals surface area contributed by atoms with Crippen molar-refractivity contribution >= 4 is 5.88 Å². The summed E-state index contributed by atoms with van der Waals surface area (Å²) >= 11 is 0. The molecule has 3 heteroatoms. The van der Waals surface area contributed by atoms with Gasteiger partial charge in [0.15, 0.2) is 0 Å². The van der Waals surface area contributed by atoms with Gasteiger partial charge < -0.3 is 4.42 Å². The summed E-state index contributed by atoms with van der Waals surface area (Å²) in [6.45, 7) is 2.62. The third kappa shape index (κ3) is 1.68. The maximum Gasteiger partial charge on any atom is 0.237 e. The van der Waals surface area contributed by atoms with Crippen LogP contribution in [0.5, 0.6) is 0 Å². The average molecular weight is 124 g/mol. The van der Waals surface area contributed by atoms with Gasteiger partial charge in [0.1, 0.15) is 0 Å². The molecule has 0 spiro atoms. The van der Waals surface area contributed by atoms with Crippen molar-refractivity contribution in [3.8, 4) is 0 Å². The molecule has 1 aromatic heterocycles. The standard InChI is InChI=1S/C6H8N2O/c1-2-7-8-6-4-3-5-9-6/h3-5H,2H2,1H3. The Hall–Kier alpha value is -1.12. The fourth-order valence-corrected chi connectivity index (χ4v) is 0.467. The maximum atomic E-state index is 4.88. The van der Waals surface area contributed by atoms with E-state index in [2.05, 4.69) is 10.2 Å². The largest absolute Gasteiger partial charge is 0.445 e. The van der Waals surface area contributed by atoms with E-state index in [1.54, 1.807) is 18.4 Å². The van der Waals surface area contributed by atoms with Crippen molar-refractivity contribution in [2.24, 2.45) is 10.2 Å². The molecule has 0 aliphatic carbocycles. The summed E-state index contributed by atoms with van der Waals surface area (Å²) in [5.74, 6) is 0.567. The number of hydrogen-bond donors (Lipinski definition) is 0. The molecule has 9 heavy (non-hydrogen) atoms. The number of azo groups is 1. The van der Waals surface area contributed by atoms with Crippen molar-refractivity contribution in [2.75, 3.05) is 6.54 Å². The van der Waals surface area contributed by atoms with Crippen LogP contribution >= 0.6 is 0 Å². The van der Waals surface area contributed by atoms with Crippen molar-refractivity contribution in [1.29, 1.82) is 0 Å². The molecule has 0 bridgehead atoms. The van der Waals surface area contributed by atoms with Crippen LogP contribution in [0.4, 0.5) is 5.88 Å². The number of rotatable bonds is 2. The van der Waals surface area contributed by atoms with E-state index in [0.717, 1.165) is 0 Å². The summed E-state index contributed by atoms with van der Waals surface area (Å²) in [6, 6.07) is 3.54. The molecule has 3 nitrogen and oxygen atoms in total. The highest BCUT2D eigenvalue weighted by molar-refractivity contribution is 5.19. The minimum Gasteiger partial charge on any atom is -0.445 e. The van der Waals surface area contributed by atoms with Crippen LogP contribution in [-0.4, -0.2) is 6.54 Å². The van der Waals surface area contributed by atoms with Gasteiger partial charge in [0.25, 0.3) is 0 Å². The Labute approximate surface area is 53.4 Å². The SMILES string of the molecule is CCN=Nc1ccco1. The van der Waals surface area contributed by atoms with Crippen LogP contribution in [0.3, 0.4) is 0 Å². The summed E-state index contributed by atoms with van der Waals surface area (Å²) in [5, 5.41) is 7.49. The van der Waals surface area contributed by atoms with E-state index < -0.39 is 0 Å². The van der Waals surface area contributed by atoms with Crippen molar-refractivity contribution in [1.82, 2.24) is 0 Å². The second-order valence-electron chi connectivity index (χ2n) is 1.51. The van der Waals surface area contributed by atoms with Crippen LogP contribution in [0.1, 0.15) is 6.92 Å². The molecule has 0 fully saturated rings. The first-order valence-corrected chi connectivity index (χ1v) is 2.84. The minimum absolute atomic E-state index is 0.567. The molecule has 0 radical (unpaired) electrons. The highest BCUT2D eigenvalue weighted by Crippen LogP contribution is 2.10. The summed E-state index contributed by atoms with van der Waals surface area (Å²) in [6.07, 6.45) is 1.57. The van der Waals surface area contributed by atoms with Gasteiger partial charge in [-0.25, -0.2) is 0 Å². The molecule has 0 N–H and O–H groups in total. The lowest BCUT2D eigenvalue weighted by molar-refractivity contribution is 0.570. The first kappa shape index (κ1) is 6.01. The number of furan rings is 1. The molecule has 1 rings (SSSR count). The fraction of sp³-hybridized carbons (Fsp3) is 0.333. The van der Waals surface area contributed by atoms with E-state index in [-0.39, 0.29) is 0 Å². The van der Waals surface area contributed by atoms with E-state index in [4.69, 9.17) is 4.42 Å². The van der Waals surface area contributed by atoms with Gasteiger partial charge in [0.05, 0.1) is 12.8 Å². The molecule has 0 amide bonds. The number of hydrogen-bond acceptors (Lipinski definition) is 3. The zero-order valence-electron chi connectivity index (χ0n) is 5.24. The summed E-state index contributed by atoms with van der Waals surface area (Å²) in [7, 11) is 0. The molecule has 0 atom stereocenters. The van der Waals surface area contributed by atoms with Crippen LogP contribution in [0.15, 0.2) is 33.0 Å². The van der Waals surface area contributed by atoms with Gasteiger partial charge in [0, 0.05) is 6.07 Å². The van der Waals surface area contributed by atoms with E-state index >= 15 is 0 Å². The monoisotopic (exact) mass is 124 g/mol. The zero-order valence-corrected chi connectivity index (χ0v) is 5.24. The topological polar surface area (TPSA) is 37.9 Å². The van der Waals surface area contributed by atoms with E-state index in [0.29, 0.717) is 12.4 Å². The Kier molecular flexibility index (Phi) is 2.01. The molecule has 0 saturated heterocycles. The highest BCUT2D eigenvalue weighted by atomic mass is 16.3. The molecule has 1 aromatic rings. The van der Waals surface area contributed by atoms with Crippen LogP contribution in [0.2, 0.25) is 0 Å². The smallest absolute Gasteiger partial charge is 0.237 e. The average Bonchev–Trinajstić information content (AvgIpc) is 2.34. The van der Waals surface area contributed by atoms with Crippen molar-refractivity contribution in [3.63, 3.8) is 0 Å². The van der Waals surface area contributed by atoms with Crippen LogP contribution in [0, 0.1) is 0 Å². The van der Waals surface area contributed by atoms with Gasteiger partial charge in [-0.2, -0.15) is 5.11 Å². The first-order valence-electron chi connectivity index (χ1n) is 2.84. The Morgan fingerprint density at radius 3 is 3.11 bits per heavy atom. The molecule has 0 unspecified atom stereocenters. The third-order valence-corrected chi connectivity index (χ3v) is 0.817. The molecule has 0 aliphatic heterocycles. The Balaban J connectivity index is 2.57. The molecule has 0 saturated carbocycles. The highest BCUT2D eigenvalue weighted by Gasteiger charge is 1.85. The van der Waals surface area contributed by atoms with Crippen LogP contribution in [-0.2, 0) is 0 Å². The lowest BCUT2D eigenvalue weighted by atomic mass is 10.6. The molecular formula is C6H8N2O. The predicted molar refractivity (Wildman–Crippen MR) is 33.8 cm³/mol. The minimum atomic E-state index is 0.567. The lowest BCUT2D eigenvalue weighted by Crippen LogP contribution is -1.59. The first-order chi connectivity index (χ1) is 4.43. The Morgan fingerprint density at radius 2 is 2.56 bits per heavy atom. The summed E-state index contributed by atoms with van der Waals surface area (Å²) in [4.78, 5) is 0. The molecular weight excluding hydrogens is 116 g/mol. The van der Waals surface area contributed by atoms with E-state index in [9.17, 15) is 0 Å². The normalized spacial score (nSPS) is 10.8. The quantitative estimate of drug-likeness (QED) is 0.558. The Bertz CT molecular complexity index is 179. The van der Waals surface area contributed by atoms with Gasteiger partial charge in [-0.1, -0.05) is 0 Å². The summed E-state index contributed by atoms with van der Waals surface area (Å²) in [5.41, 5.74) is 0. The van der Waals surface area contributed by atoms with Gasteiger partial charge in [0.2, 0.25) is 5.88 Å². The van der Waals surface area contributed by atoms with Crippen LogP contribution in [0.25, 0.3) is 0 Å². The van der Waals surface area contributed by atoms with Crippen molar-refractivity contribution in [3.05, 3.63) is 18.4 Å². The number of nitrogens with zero attached hydrogens (tertiary/aromatic N) is 2. The maximum absolute atomic E-state index is 4.88. The van der Waals surface area contributed by atoms with Gasteiger partial charge in [-0.15, -0.1) is 5.11 Å². The van der Waals surface area contributed by atoms with Gasteiger partial charge in [-0.05, 0) is 13.0 Å². The van der Waals surface area contributed by atoms with Crippen molar-refractivity contribution in [2.45, 2.75) is 6.92 Å². The lowest BCUT2D eigenvalue weighted by Gasteiger charge is -1.78. The third-order valence-electron chi connectivity index (χ3n) is 0.817. The van der Waals surface area contributed by atoms with E-state index in [1.807, 2.05) is 6.92 Å².